The Morgan fingerprint density at radius 3 is 2.23 bits per heavy atom. The summed E-state index contributed by atoms with van der Waals surface area (Å²) in [6.45, 7) is 4.01. The molecule has 0 bridgehead atoms. The highest BCUT2D eigenvalue weighted by Gasteiger charge is 2.14. The predicted octanol–water partition coefficient (Wildman–Crippen LogP) is 2.80. The first kappa shape index (κ1) is 20.8. The summed E-state index contributed by atoms with van der Waals surface area (Å²) >= 11 is 0. The Morgan fingerprint density at radius 2 is 1.67 bits per heavy atom. The average molecular weight is 406 g/mol. The van der Waals surface area contributed by atoms with Crippen LogP contribution in [0.1, 0.15) is 0 Å². The second kappa shape index (κ2) is 9.54. The number of anilines is 3. The Balaban J connectivity index is 1.59. The molecule has 1 aliphatic heterocycles. The maximum atomic E-state index is 12.3. The Kier molecular flexibility index (Phi) is 6.62. The van der Waals surface area contributed by atoms with Gasteiger partial charge in [-0.15, -0.1) is 0 Å². The normalized spacial score (nSPS) is 14.7. The number of carbonyl (C=O) groups is 1. The van der Waals surface area contributed by atoms with Crippen LogP contribution in [0.15, 0.2) is 60.3 Å². The van der Waals surface area contributed by atoms with Gasteiger partial charge in [-0.25, -0.2) is 0 Å². The summed E-state index contributed by atoms with van der Waals surface area (Å²) in [4.78, 5) is 27.1. The highest BCUT2D eigenvalue weighted by molar-refractivity contribution is 6.06. The third-order valence-corrected chi connectivity index (χ3v) is 4.82. The molecule has 0 radical (unpaired) electrons. The number of carbonyl (C=O) groups excluding carboxylic acids is 1. The molecule has 0 unspecified atom stereocenters. The molecule has 0 aliphatic carbocycles. The topological polar surface area (TPSA) is 115 Å². The summed E-state index contributed by atoms with van der Waals surface area (Å²) in [5, 5.41) is 25.5. The maximum Gasteiger partial charge on any atom is 0.269 e. The van der Waals surface area contributed by atoms with E-state index in [4.69, 9.17) is 0 Å². The van der Waals surface area contributed by atoms with Crippen LogP contribution in [0.2, 0.25) is 0 Å². The summed E-state index contributed by atoms with van der Waals surface area (Å²) < 4.78 is 0. The van der Waals surface area contributed by atoms with E-state index in [1.165, 1.54) is 30.5 Å². The zero-order valence-electron chi connectivity index (χ0n) is 16.5. The molecule has 0 spiro atoms. The van der Waals surface area contributed by atoms with Gasteiger partial charge in [-0.3, -0.25) is 14.9 Å². The zero-order valence-corrected chi connectivity index (χ0v) is 16.5. The van der Waals surface area contributed by atoms with Gasteiger partial charge in [-0.2, -0.15) is 5.26 Å². The van der Waals surface area contributed by atoms with E-state index in [-0.39, 0.29) is 11.3 Å². The fourth-order valence-electron chi connectivity index (χ4n) is 3.00. The number of piperazine rings is 1. The smallest absolute Gasteiger partial charge is 0.269 e. The van der Waals surface area contributed by atoms with Crippen LogP contribution in [0.3, 0.4) is 0 Å². The van der Waals surface area contributed by atoms with E-state index in [1.807, 2.05) is 30.3 Å². The molecule has 3 rings (SSSR count). The molecule has 2 N–H and O–H groups in total. The van der Waals surface area contributed by atoms with Gasteiger partial charge in [-0.1, -0.05) is 0 Å². The van der Waals surface area contributed by atoms with E-state index < -0.39 is 10.8 Å². The molecule has 0 aromatic heterocycles. The quantitative estimate of drug-likeness (QED) is 0.328. The van der Waals surface area contributed by atoms with Crippen molar-refractivity contribution in [2.75, 3.05) is 48.8 Å². The number of benzene rings is 2. The zero-order chi connectivity index (χ0) is 21.5. The summed E-state index contributed by atoms with van der Waals surface area (Å²) in [6.07, 6.45) is 1.34. The van der Waals surface area contributed by atoms with Crippen molar-refractivity contribution in [1.82, 2.24) is 4.90 Å². The second-order valence-corrected chi connectivity index (χ2v) is 6.91. The monoisotopic (exact) mass is 406 g/mol. The van der Waals surface area contributed by atoms with Crippen LogP contribution in [-0.2, 0) is 4.79 Å². The van der Waals surface area contributed by atoms with Gasteiger partial charge in [0, 0.05) is 61.6 Å². The predicted molar refractivity (Wildman–Crippen MR) is 115 cm³/mol. The molecule has 9 heteroatoms. The fraction of sp³-hybridized carbons (Fsp3) is 0.238. The van der Waals surface area contributed by atoms with Crippen molar-refractivity contribution in [1.29, 1.82) is 5.26 Å². The van der Waals surface area contributed by atoms with E-state index in [9.17, 15) is 20.2 Å². The van der Waals surface area contributed by atoms with Gasteiger partial charge in [0.1, 0.15) is 11.6 Å². The first-order valence-corrected chi connectivity index (χ1v) is 9.42. The van der Waals surface area contributed by atoms with Crippen LogP contribution in [0, 0.1) is 21.4 Å². The van der Waals surface area contributed by atoms with Crippen LogP contribution in [0.4, 0.5) is 22.7 Å². The Bertz CT molecular complexity index is 971. The number of nitriles is 1. The highest BCUT2D eigenvalue weighted by Crippen LogP contribution is 2.20. The van der Waals surface area contributed by atoms with Gasteiger partial charge in [0.15, 0.2) is 0 Å². The minimum Gasteiger partial charge on any atom is -0.369 e. The molecule has 154 valence electrons. The number of nitrogens with zero attached hydrogens (tertiary/aromatic N) is 4. The Morgan fingerprint density at radius 1 is 1.07 bits per heavy atom. The summed E-state index contributed by atoms with van der Waals surface area (Å²) in [6, 6.07) is 15.0. The fourth-order valence-corrected chi connectivity index (χ4v) is 3.00. The van der Waals surface area contributed by atoms with E-state index in [0.29, 0.717) is 5.69 Å². The second-order valence-electron chi connectivity index (χ2n) is 6.91. The molecule has 1 heterocycles. The first-order valence-electron chi connectivity index (χ1n) is 9.42. The number of hydrogen-bond donors (Lipinski definition) is 2. The Hall–Kier alpha value is -3.90. The lowest BCUT2D eigenvalue weighted by atomic mass is 10.2. The highest BCUT2D eigenvalue weighted by atomic mass is 16.6. The standard InChI is InChI=1S/C21H22N6O3/c1-25-10-12-26(13-11-25)19-6-2-17(3-7-19)23-15-16(14-22)21(28)24-18-4-8-20(9-5-18)27(29)30/h2-9,15,23H,10-13H2,1H3,(H,24,28)/b16-15-. The van der Waals surface area contributed by atoms with Crippen molar-refractivity contribution in [2.24, 2.45) is 0 Å². The van der Waals surface area contributed by atoms with Crippen LogP contribution in [0.5, 0.6) is 0 Å². The van der Waals surface area contributed by atoms with E-state index in [2.05, 4.69) is 27.5 Å². The third-order valence-electron chi connectivity index (χ3n) is 4.82. The van der Waals surface area contributed by atoms with Gasteiger partial charge in [0.25, 0.3) is 11.6 Å². The van der Waals surface area contributed by atoms with Crippen molar-refractivity contribution >= 4 is 28.7 Å². The summed E-state index contributed by atoms with van der Waals surface area (Å²) in [7, 11) is 2.11. The molecular formula is C21H22N6O3. The first-order chi connectivity index (χ1) is 14.5. The number of nitrogens with one attached hydrogen (secondary N) is 2. The van der Waals surface area contributed by atoms with E-state index >= 15 is 0 Å². The summed E-state index contributed by atoms with van der Waals surface area (Å²) in [5.41, 5.74) is 2.06. The number of hydrogen-bond acceptors (Lipinski definition) is 7. The molecular weight excluding hydrogens is 384 g/mol. The van der Waals surface area contributed by atoms with Crippen LogP contribution in [0.25, 0.3) is 0 Å². The Labute approximate surface area is 174 Å². The molecule has 9 nitrogen and oxygen atoms in total. The largest absolute Gasteiger partial charge is 0.369 e. The van der Waals surface area contributed by atoms with Gasteiger partial charge in [-0.05, 0) is 43.4 Å². The maximum absolute atomic E-state index is 12.3. The molecule has 1 saturated heterocycles. The van der Waals surface area contributed by atoms with Gasteiger partial charge in [0.2, 0.25) is 0 Å². The number of nitro benzene ring substituents is 1. The average Bonchev–Trinajstić information content (AvgIpc) is 2.75. The van der Waals surface area contributed by atoms with Crippen molar-refractivity contribution in [3.63, 3.8) is 0 Å². The lowest BCUT2D eigenvalue weighted by Crippen LogP contribution is -2.44. The number of rotatable bonds is 6. The van der Waals surface area contributed by atoms with Gasteiger partial charge < -0.3 is 20.4 Å². The van der Waals surface area contributed by atoms with Gasteiger partial charge in [0.05, 0.1) is 4.92 Å². The third kappa shape index (κ3) is 5.33. The molecule has 30 heavy (non-hydrogen) atoms. The number of nitro groups is 1. The van der Waals surface area contributed by atoms with Crippen molar-refractivity contribution in [3.8, 4) is 6.07 Å². The van der Waals surface area contributed by atoms with E-state index in [0.717, 1.165) is 37.6 Å². The lowest BCUT2D eigenvalue weighted by Gasteiger charge is -2.34. The number of amides is 1. The van der Waals surface area contributed by atoms with Gasteiger partial charge >= 0.3 is 0 Å². The molecule has 2 aromatic rings. The number of non-ortho nitro benzene ring substituents is 1. The molecule has 2 aromatic carbocycles. The van der Waals surface area contributed by atoms with Crippen LogP contribution >= 0.6 is 0 Å². The molecule has 0 atom stereocenters. The molecule has 1 aliphatic rings. The minimum atomic E-state index is -0.604. The lowest BCUT2D eigenvalue weighted by molar-refractivity contribution is -0.384. The van der Waals surface area contributed by atoms with Crippen LogP contribution < -0.4 is 15.5 Å². The molecule has 1 amide bonds. The van der Waals surface area contributed by atoms with Crippen LogP contribution in [-0.4, -0.2) is 49.0 Å². The minimum absolute atomic E-state index is 0.0780. The molecule has 0 saturated carbocycles. The van der Waals surface area contributed by atoms with Crippen molar-refractivity contribution < 1.29 is 9.72 Å². The number of likely N-dealkylation sites (N-methyl/N-ethyl adjacent to an activating group) is 1. The van der Waals surface area contributed by atoms with E-state index in [1.54, 1.807) is 0 Å². The molecule has 1 fully saturated rings. The van der Waals surface area contributed by atoms with Crippen molar-refractivity contribution in [3.05, 3.63) is 70.4 Å². The summed E-state index contributed by atoms with van der Waals surface area (Å²) in [5.74, 6) is -0.604. The van der Waals surface area contributed by atoms with Crippen molar-refractivity contribution in [2.45, 2.75) is 0 Å². The SMILES string of the molecule is CN1CCN(c2ccc(N/C=C(/C#N)C(=O)Nc3ccc([N+](=O)[O-])cc3)cc2)CC1.